The molecule has 0 aromatic carbocycles. The van der Waals surface area contributed by atoms with Gasteiger partial charge < -0.3 is 26.0 Å². The summed E-state index contributed by atoms with van der Waals surface area (Å²) in [5, 5.41) is 5.37. The normalized spacial score (nSPS) is 30.3. The van der Waals surface area contributed by atoms with Crippen LogP contribution in [0.5, 0.6) is 0 Å². The summed E-state index contributed by atoms with van der Waals surface area (Å²) in [7, 11) is 0. The Morgan fingerprint density at radius 1 is 1.15 bits per heavy atom. The van der Waals surface area contributed by atoms with Crippen molar-refractivity contribution in [3.63, 3.8) is 0 Å². The van der Waals surface area contributed by atoms with Crippen LogP contribution < -0.4 is 16.4 Å². The van der Waals surface area contributed by atoms with E-state index in [0.717, 1.165) is 32.1 Å². The molecule has 0 saturated heterocycles. The van der Waals surface area contributed by atoms with Gasteiger partial charge in [-0.3, -0.25) is 4.79 Å². The van der Waals surface area contributed by atoms with Gasteiger partial charge in [0.25, 0.3) is 0 Å². The highest BCUT2D eigenvalue weighted by Gasteiger charge is 2.72. The zero-order chi connectivity index (χ0) is 19.4. The van der Waals surface area contributed by atoms with Crippen molar-refractivity contribution in [2.24, 2.45) is 11.1 Å². The fourth-order valence-electron chi connectivity index (χ4n) is 4.21. The molecule has 0 spiro atoms. The van der Waals surface area contributed by atoms with Crippen LogP contribution >= 0.6 is 0 Å². The zero-order valence-corrected chi connectivity index (χ0v) is 16.1. The molecule has 0 aromatic heterocycles. The number of nitrogens with zero attached hydrogens (tertiary/aromatic N) is 1. The van der Waals surface area contributed by atoms with Gasteiger partial charge in [0.1, 0.15) is 5.60 Å². The number of hydrogen-bond acceptors (Lipinski definition) is 4. The number of carbonyl (C=O) groups is 3. The van der Waals surface area contributed by atoms with Crippen LogP contribution in [-0.4, -0.2) is 52.7 Å². The summed E-state index contributed by atoms with van der Waals surface area (Å²) in [6, 6.07) is -0.698. The lowest BCUT2D eigenvalue weighted by molar-refractivity contribution is -0.190. The number of ether oxygens (including phenoxy) is 1. The van der Waals surface area contributed by atoms with Crippen molar-refractivity contribution < 1.29 is 19.1 Å². The van der Waals surface area contributed by atoms with E-state index in [1.54, 1.807) is 0 Å². The predicted molar refractivity (Wildman–Crippen MR) is 95.3 cm³/mol. The SMILES string of the molecule is CC1(CN(C(=O)CNC(N)=O)C23CC(NC(=O)OC(C)(C)C)(C2)C3)CC1. The average Bonchev–Trinajstić information content (AvgIpc) is 3.12. The summed E-state index contributed by atoms with van der Waals surface area (Å²) in [5.74, 6) is -0.109. The monoisotopic (exact) mass is 366 g/mol. The predicted octanol–water partition coefficient (Wildman–Crippen LogP) is 1.48. The number of carbonyl (C=O) groups excluding carboxylic acids is 3. The third-order valence-electron chi connectivity index (χ3n) is 5.70. The molecule has 8 nitrogen and oxygen atoms in total. The fourth-order valence-corrected chi connectivity index (χ4v) is 4.21. The van der Waals surface area contributed by atoms with E-state index in [0.29, 0.717) is 6.54 Å². The van der Waals surface area contributed by atoms with Crippen LogP contribution in [0.1, 0.15) is 59.8 Å². The van der Waals surface area contributed by atoms with Crippen LogP contribution in [0.2, 0.25) is 0 Å². The van der Waals surface area contributed by atoms with Crippen LogP contribution in [0.3, 0.4) is 0 Å². The molecule has 4 N–H and O–H groups in total. The van der Waals surface area contributed by atoms with Crippen LogP contribution in [0.4, 0.5) is 9.59 Å². The molecule has 0 aromatic rings. The molecule has 4 aliphatic rings. The van der Waals surface area contributed by atoms with Gasteiger partial charge in [0.2, 0.25) is 5.91 Å². The molecule has 0 aliphatic heterocycles. The van der Waals surface area contributed by atoms with Gasteiger partial charge in [0.05, 0.1) is 12.1 Å². The first-order valence-electron chi connectivity index (χ1n) is 9.21. The molecule has 4 rings (SSSR count). The van der Waals surface area contributed by atoms with Gasteiger partial charge >= 0.3 is 12.1 Å². The third kappa shape index (κ3) is 3.73. The van der Waals surface area contributed by atoms with Gasteiger partial charge in [0.15, 0.2) is 0 Å². The van der Waals surface area contributed by atoms with Gasteiger partial charge in [0, 0.05) is 12.1 Å². The summed E-state index contributed by atoms with van der Waals surface area (Å²) < 4.78 is 5.34. The van der Waals surface area contributed by atoms with Crippen molar-refractivity contribution >= 4 is 18.0 Å². The first-order valence-corrected chi connectivity index (χ1v) is 9.21. The van der Waals surface area contributed by atoms with Crippen molar-refractivity contribution in [1.29, 1.82) is 0 Å². The Balaban J connectivity index is 1.59. The second-order valence-electron chi connectivity index (χ2n) is 9.67. The number of hydrogen-bond donors (Lipinski definition) is 3. The first kappa shape index (κ1) is 18.8. The number of primary amides is 1. The van der Waals surface area contributed by atoms with Crippen LogP contribution in [0.15, 0.2) is 0 Å². The Bertz CT molecular complexity index is 616. The standard InChI is InChI=1S/C18H30N4O4/c1-15(2,3)26-14(25)21-17-8-18(9-17,10-17)22(11-16(4)5-6-16)12(23)7-20-13(19)24/h5-11H2,1-4H3,(H,21,25)(H3,19,20,24). The van der Waals surface area contributed by atoms with Crippen molar-refractivity contribution in [1.82, 2.24) is 15.5 Å². The van der Waals surface area contributed by atoms with Crippen LogP contribution in [0.25, 0.3) is 0 Å². The van der Waals surface area contributed by atoms with E-state index in [9.17, 15) is 14.4 Å². The van der Waals surface area contributed by atoms with Gasteiger partial charge in [-0.15, -0.1) is 0 Å². The van der Waals surface area contributed by atoms with Crippen molar-refractivity contribution in [2.45, 2.75) is 76.5 Å². The molecule has 4 fully saturated rings. The highest BCUT2D eigenvalue weighted by Crippen LogP contribution is 2.64. The molecule has 146 valence electrons. The highest BCUT2D eigenvalue weighted by atomic mass is 16.6. The number of urea groups is 1. The summed E-state index contributed by atoms with van der Waals surface area (Å²) in [4.78, 5) is 37.6. The maximum absolute atomic E-state index is 12.7. The zero-order valence-electron chi connectivity index (χ0n) is 16.1. The van der Waals surface area contributed by atoms with Crippen LogP contribution in [0, 0.1) is 5.41 Å². The molecular formula is C18H30N4O4. The van der Waals surface area contributed by atoms with E-state index in [-0.39, 0.29) is 28.9 Å². The van der Waals surface area contributed by atoms with E-state index in [1.807, 2.05) is 25.7 Å². The van der Waals surface area contributed by atoms with Gasteiger partial charge in [-0.05, 0) is 58.3 Å². The Morgan fingerprint density at radius 2 is 1.73 bits per heavy atom. The largest absolute Gasteiger partial charge is 0.444 e. The molecule has 0 heterocycles. The molecule has 0 atom stereocenters. The van der Waals surface area contributed by atoms with Crippen molar-refractivity contribution in [2.75, 3.05) is 13.1 Å². The van der Waals surface area contributed by atoms with Gasteiger partial charge in [-0.25, -0.2) is 9.59 Å². The van der Waals surface area contributed by atoms with Crippen molar-refractivity contribution in [3.8, 4) is 0 Å². The number of amides is 4. The lowest BCUT2D eigenvalue weighted by Crippen LogP contribution is -2.84. The summed E-state index contributed by atoms with van der Waals surface area (Å²) in [6.45, 7) is 8.28. The van der Waals surface area contributed by atoms with Gasteiger partial charge in [-0.1, -0.05) is 6.92 Å². The first-order chi connectivity index (χ1) is 11.9. The second-order valence-corrected chi connectivity index (χ2v) is 9.67. The average molecular weight is 366 g/mol. The molecule has 26 heavy (non-hydrogen) atoms. The topological polar surface area (TPSA) is 114 Å². The number of rotatable bonds is 6. The molecule has 2 bridgehead atoms. The Kier molecular flexibility index (Phi) is 4.16. The number of nitrogens with one attached hydrogen (secondary N) is 2. The molecule has 0 unspecified atom stereocenters. The van der Waals surface area contributed by atoms with Crippen LogP contribution in [-0.2, 0) is 9.53 Å². The maximum atomic E-state index is 12.7. The molecule has 4 saturated carbocycles. The third-order valence-corrected chi connectivity index (χ3v) is 5.70. The highest BCUT2D eigenvalue weighted by molar-refractivity contribution is 5.84. The Labute approximate surface area is 154 Å². The maximum Gasteiger partial charge on any atom is 0.408 e. The minimum Gasteiger partial charge on any atom is -0.444 e. The number of alkyl carbamates (subject to hydrolysis) is 1. The molecular weight excluding hydrogens is 336 g/mol. The molecule has 8 heteroatoms. The molecule has 4 amide bonds. The quantitative estimate of drug-likeness (QED) is 0.660. The summed E-state index contributed by atoms with van der Waals surface area (Å²) in [5.41, 5.74) is 4.25. The van der Waals surface area contributed by atoms with Crippen molar-refractivity contribution in [3.05, 3.63) is 0 Å². The summed E-state index contributed by atoms with van der Waals surface area (Å²) >= 11 is 0. The Morgan fingerprint density at radius 3 is 2.19 bits per heavy atom. The van der Waals surface area contributed by atoms with E-state index < -0.39 is 17.7 Å². The lowest BCUT2D eigenvalue weighted by Gasteiger charge is -2.73. The minimum atomic E-state index is -0.698. The number of nitrogens with two attached hydrogens (primary N) is 1. The van der Waals surface area contributed by atoms with Gasteiger partial charge in [-0.2, -0.15) is 0 Å². The molecule has 0 radical (unpaired) electrons. The second kappa shape index (κ2) is 5.76. The lowest BCUT2D eigenvalue weighted by atomic mass is 9.43. The smallest absolute Gasteiger partial charge is 0.408 e. The molecule has 4 aliphatic carbocycles. The summed E-state index contributed by atoms with van der Waals surface area (Å²) in [6.07, 6.45) is 4.01. The minimum absolute atomic E-state index is 0.0837. The fraction of sp³-hybridized carbons (Fsp3) is 0.833. The van der Waals surface area contributed by atoms with E-state index in [1.165, 1.54) is 0 Å². The van der Waals surface area contributed by atoms with E-state index >= 15 is 0 Å². The Hall–Kier alpha value is -1.99. The van der Waals surface area contributed by atoms with E-state index in [4.69, 9.17) is 10.5 Å². The van der Waals surface area contributed by atoms with E-state index in [2.05, 4.69) is 17.6 Å².